The molecule has 0 heterocycles. The molecule has 1 unspecified atom stereocenters. The smallest absolute Gasteiger partial charge is 0.321 e. The van der Waals surface area contributed by atoms with Gasteiger partial charge in [0.2, 0.25) is 0 Å². The van der Waals surface area contributed by atoms with Crippen LogP contribution in [0.5, 0.6) is 0 Å². The van der Waals surface area contributed by atoms with E-state index in [1.165, 1.54) is 32.7 Å². The Morgan fingerprint density at radius 1 is 0.719 bits per heavy atom. The Hall–Kier alpha value is -2.25. The topological polar surface area (TPSA) is 29.5 Å². The first-order chi connectivity index (χ1) is 15.5. The normalized spacial score (nSPS) is 13.6. The van der Waals surface area contributed by atoms with Crippen molar-refractivity contribution in [1.29, 1.82) is 0 Å². The monoisotopic (exact) mass is 457 g/mol. The van der Waals surface area contributed by atoms with Gasteiger partial charge in [-0.15, -0.1) is 0 Å². The van der Waals surface area contributed by atoms with E-state index >= 15 is 0 Å². The molecule has 1 radical (unpaired) electrons. The zero-order valence-corrected chi connectivity index (χ0v) is 21.2. The van der Waals surface area contributed by atoms with Crippen LogP contribution in [-0.4, -0.2) is 22.4 Å². The molecule has 32 heavy (non-hydrogen) atoms. The summed E-state index contributed by atoms with van der Waals surface area (Å²) >= 11 is 0. The Kier molecular flexibility index (Phi) is 7.58. The Balaban J connectivity index is 1.24. The van der Waals surface area contributed by atoms with Crippen molar-refractivity contribution >= 4 is 39.1 Å². The van der Waals surface area contributed by atoms with Gasteiger partial charge in [0.05, 0.1) is 0 Å². The fourth-order valence-corrected chi connectivity index (χ4v) is 9.96. The van der Waals surface area contributed by atoms with Gasteiger partial charge in [0, 0.05) is 0 Å². The third kappa shape index (κ3) is 5.96. The van der Waals surface area contributed by atoms with Crippen molar-refractivity contribution in [3.63, 3.8) is 0 Å². The first-order valence-corrected chi connectivity index (χ1v) is 16.4. The van der Waals surface area contributed by atoms with Gasteiger partial charge in [-0.3, -0.25) is 0 Å². The van der Waals surface area contributed by atoms with Crippen molar-refractivity contribution in [3.8, 4) is 0 Å². The number of hydrogen-bond acceptors (Lipinski definition) is 2. The van der Waals surface area contributed by atoms with E-state index in [1.54, 1.807) is 0 Å². The van der Waals surface area contributed by atoms with Crippen LogP contribution in [0.3, 0.4) is 0 Å². The largest absolute Gasteiger partial charge is 0.436 e. The van der Waals surface area contributed by atoms with E-state index in [9.17, 15) is 4.80 Å². The molecule has 165 valence electrons. The number of aryl methyl sites for hydroxylation is 2. The van der Waals surface area contributed by atoms with Crippen LogP contribution in [-0.2, 0) is 17.0 Å². The highest BCUT2D eigenvalue weighted by atomic mass is 28.4. The van der Waals surface area contributed by atoms with Crippen molar-refractivity contribution in [1.82, 2.24) is 0 Å². The molecule has 0 fully saturated rings. The highest BCUT2D eigenvalue weighted by Gasteiger charge is 2.29. The molecule has 1 atom stereocenters. The predicted octanol–water partition coefficient (Wildman–Crippen LogP) is 7.26. The van der Waals surface area contributed by atoms with Gasteiger partial charge < -0.3 is 8.91 Å². The second-order valence-corrected chi connectivity index (χ2v) is 14.5. The molecule has 0 aliphatic rings. The molecule has 0 saturated heterocycles. The molecule has 0 bridgehead atoms. The average Bonchev–Trinajstić information content (AvgIpc) is 2.79. The number of rotatable bonds is 10. The molecule has 4 heteroatoms. The van der Waals surface area contributed by atoms with Gasteiger partial charge in [0.25, 0.3) is 0 Å². The minimum Gasteiger partial charge on any atom is -0.436 e. The lowest BCUT2D eigenvalue weighted by atomic mass is 10.0. The zero-order valence-electron chi connectivity index (χ0n) is 19.2. The van der Waals surface area contributed by atoms with Crippen LogP contribution in [0.4, 0.5) is 0 Å². The minimum atomic E-state index is -2.62. The lowest BCUT2D eigenvalue weighted by Crippen LogP contribution is -2.39. The van der Waals surface area contributed by atoms with Gasteiger partial charge in [-0.25, -0.2) is 0 Å². The molecule has 0 spiro atoms. The summed E-state index contributed by atoms with van der Waals surface area (Å²) < 4.78 is 6.28. The third-order valence-electron chi connectivity index (χ3n) is 6.22. The summed E-state index contributed by atoms with van der Waals surface area (Å²) in [5.74, 6) is 0. The molecule has 4 rings (SSSR count). The van der Waals surface area contributed by atoms with Crippen molar-refractivity contribution in [3.05, 3.63) is 96.1 Å². The van der Waals surface area contributed by atoms with Gasteiger partial charge in [0.1, 0.15) is 0 Å². The Labute approximate surface area is 194 Å². The Bertz CT molecular complexity index is 1160. The van der Waals surface area contributed by atoms with Crippen LogP contribution in [0.25, 0.3) is 21.5 Å². The van der Waals surface area contributed by atoms with E-state index in [-0.39, 0.29) is 0 Å². The van der Waals surface area contributed by atoms with E-state index in [4.69, 9.17) is 4.12 Å². The van der Waals surface area contributed by atoms with Crippen molar-refractivity contribution in [2.24, 2.45) is 0 Å². The first kappa shape index (κ1) is 22.9. The summed E-state index contributed by atoms with van der Waals surface area (Å²) in [6.45, 7) is 4.18. The van der Waals surface area contributed by atoms with E-state index in [0.717, 1.165) is 37.8 Å². The molecule has 2 nitrogen and oxygen atoms in total. The van der Waals surface area contributed by atoms with E-state index in [2.05, 4.69) is 91.5 Å². The second-order valence-electron chi connectivity index (χ2n) is 8.96. The number of benzene rings is 4. The zero-order chi connectivity index (χ0) is 22.4. The van der Waals surface area contributed by atoms with Crippen molar-refractivity contribution < 1.29 is 8.91 Å². The van der Waals surface area contributed by atoms with Crippen molar-refractivity contribution in [2.45, 2.75) is 50.9 Å². The summed E-state index contributed by atoms with van der Waals surface area (Å²) in [7, 11) is -3.60. The molecule has 4 aromatic carbocycles. The molecular formula is C28H33O2Si2. The van der Waals surface area contributed by atoms with Crippen LogP contribution < -0.4 is 0 Å². The fourth-order valence-electron chi connectivity index (χ4n) is 4.63. The highest BCUT2D eigenvalue weighted by Crippen LogP contribution is 2.23. The highest BCUT2D eigenvalue weighted by molar-refractivity contribution is 6.73. The van der Waals surface area contributed by atoms with Crippen LogP contribution in [0, 0.1) is 0 Å². The fraction of sp³-hybridized carbons (Fsp3) is 0.286. The summed E-state index contributed by atoms with van der Waals surface area (Å²) in [5, 5.41) is 5.28. The maximum Gasteiger partial charge on any atom is 0.321 e. The van der Waals surface area contributed by atoms with Crippen LogP contribution in [0.2, 0.25) is 25.2 Å². The first-order valence-electron chi connectivity index (χ1n) is 11.7. The van der Waals surface area contributed by atoms with Gasteiger partial charge >= 0.3 is 8.56 Å². The summed E-state index contributed by atoms with van der Waals surface area (Å²) in [6.07, 6.45) is 4.13. The molecule has 0 aliphatic heterocycles. The molecule has 0 aromatic heterocycles. The van der Waals surface area contributed by atoms with E-state index in [0.29, 0.717) is 0 Å². The Morgan fingerprint density at radius 3 is 1.81 bits per heavy atom. The summed E-state index contributed by atoms with van der Waals surface area (Å²) in [4.78, 5) is 11.0. The van der Waals surface area contributed by atoms with Gasteiger partial charge in [-0.05, 0) is 83.5 Å². The van der Waals surface area contributed by atoms with Gasteiger partial charge in [-0.2, -0.15) is 0 Å². The van der Waals surface area contributed by atoms with Crippen molar-refractivity contribution in [2.75, 3.05) is 0 Å². The van der Waals surface area contributed by atoms with Crippen LogP contribution in [0.1, 0.15) is 24.0 Å². The second kappa shape index (κ2) is 10.6. The number of hydrogen-bond donors (Lipinski definition) is 1. The SMILES string of the molecule is C[Si](CCCc1cccc2ccccc12)O[Si](C)(O)CCCc1cccc2ccccc12. The summed E-state index contributed by atoms with van der Waals surface area (Å²) in [5.41, 5.74) is 2.78. The van der Waals surface area contributed by atoms with Gasteiger partial charge in [-0.1, -0.05) is 84.9 Å². The lowest BCUT2D eigenvalue weighted by molar-refractivity contribution is 0.380. The minimum absolute atomic E-state index is 0.793. The van der Waals surface area contributed by atoms with Gasteiger partial charge in [0.15, 0.2) is 9.04 Å². The van der Waals surface area contributed by atoms with Crippen LogP contribution in [0.15, 0.2) is 84.9 Å². The molecule has 0 saturated carbocycles. The lowest BCUT2D eigenvalue weighted by Gasteiger charge is -2.24. The van der Waals surface area contributed by atoms with E-state index < -0.39 is 17.6 Å². The maximum atomic E-state index is 11.0. The standard InChI is InChI=1S/C28H33O2Si2/c1-31(21-9-17-25-15-7-13-23-11-3-5-19-27(23)25)30-32(2,29)22-10-18-26-16-8-14-24-12-4-6-20-28(24)26/h3-8,11-16,19-20,29H,9-10,17-18,21-22H2,1-2H3. The number of fused-ring (bicyclic) bond motifs is 2. The molecular weight excluding hydrogens is 424 g/mol. The Morgan fingerprint density at radius 2 is 1.22 bits per heavy atom. The third-order valence-corrected chi connectivity index (χ3v) is 11.7. The maximum absolute atomic E-state index is 11.0. The molecule has 1 N–H and O–H groups in total. The molecule has 4 aromatic rings. The van der Waals surface area contributed by atoms with Crippen LogP contribution >= 0.6 is 0 Å². The molecule has 0 amide bonds. The quantitative estimate of drug-likeness (QED) is 0.254. The predicted molar refractivity (Wildman–Crippen MR) is 141 cm³/mol. The summed E-state index contributed by atoms with van der Waals surface area (Å²) in [6, 6.07) is 32.1. The average molecular weight is 458 g/mol. The molecule has 0 aliphatic carbocycles. The van der Waals surface area contributed by atoms with E-state index in [1.807, 2.05) is 6.55 Å².